The second-order valence-corrected chi connectivity index (χ2v) is 24.3. The average Bonchev–Trinajstić information content (AvgIpc) is 3.87. The van der Waals surface area contributed by atoms with Gasteiger partial charge in [-0.2, -0.15) is 4.98 Å². The van der Waals surface area contributed by atoms with Crippen molar-refractivity contribution in [1.29, 1.82) is 0 Å². The van der Waals surface area contributed by atoms with Crippen molar-refractivity contribution in [3.05, 3.63) is 65.5 Å². The molecule has 3 aromatic rings. The molecule has 2 amide bonds. The van der Waals surface area contributed by atoms with Crippen LogP contribution in [-0.2, 0) is 9.59 Å². The number of aliphatic carboxylic acids is 2. The molecule has 9 fully saturated rings. The highest BCUT2D eigenvalue weighted by Crippen LogP contribution is 2.68. The molecule has 6 unspecified atom stereocenters. The van der Waals surface area contributed by atoms with Crippen LogP contribution >= 0.6 is 11.8 Å². The summed E-state index contributed by atoms with van der Waals surface area (Å²) in [5, 5.41) is 37.1. The number of rotatable bonds is 15. The number of carboxylic acids is 2. The summed E-state index contributed by atoms with van der Waals surface area (Å²) in [4.78, 5) is 75.8. The smallest absolute Gasteiger partial charge is 0.309 e. The number of aromatic nitrogens is 3. The molecule has 3 aromatic heterocycles. The van der Waals surface area contributed by atoms with Crippen molar-refractivity contribution in [3.63, 3.8) is 0 Å². The highest BCUT2D eigenvalue weighted by Gasteiger charge is 2.76. The quantitative estimate of drug-likeness (QED) is 0.117. The number of ether oxygens (including phenoxy) is 1. The number of fused-ring (bicyclic) bond motifs is 1. The summed E-state index contributed by atoms with van der Waals surface area (Å²) >= 11 is 1.70. The molecule has 3 aliphatic heterocycles. The van der Waals surface area contributed by atoms with Crippen molar-refractivity contribution < 1.29 is 39.2 Å². The Morgan fingerprint density at radius 2 is 1.66 bits per heavy atom. The van der Waals surface area contributed by atoms with Crippen molar-refractivity contribution in [3.8, 4) is 5.88 Å². The first-order valence-electron chi connectivity index (χ1n) is 26.2. The summed E-state index contributed by atoms with van der Waals surface area (Å²) in [5.41, 5.74) is -0.320. The minimum Gasteiger partial charge on any atom is -0.481 e. The maximum atomic E-state index is 14.4. The van der Waals surface area contributed by atoms with E-state index in [0.717, 1.165) is 67.8 Å². The third kappa shape index (κ3) is 8.39. The topological polar surface area (TPSA) is 199 Å². The van der Waals surface area contributed by atoms with E-state index in [-0.39, 0.29) is 59.4 Å². The number of aliphatic hydroxyl groups is 1. The van der Waals surface area contributed by atoms with Gasteiger partial charge in [-0.1, -0.05) is 25.8 Å². The molecule has 0 aromatic carbocycles. The standard InChI is InChI=1S/C54H69N7O8S/c1-4-20-69-47-38(46(62)58-45-34-21-31-22-35(45)25-53(68,23-31)24-34)12-16-43(56-47)61-28-36(52(2,3)51(66)67)11-14-41(61)54-30-60(29-40(54)44(54)50(64)65)42-15-13-39(48(57-42)70-37-9-5-6-10-37)49(63)59-19-17-33(27-59)32-8-7-18-55-26-32/h7-8,12-13,15-16,18,26,31,33-37,40-41,44-45,68H,4-6,9-11,14,17,19-25,27-30H2,1-3H3,(H,58,62)(H,64,65)(H,66,67)/t31?,33?,34-,35?,36?,40-,41-,44?,45+,53-,54?/m1/s1. The maximum absolute atomic E-state index is 14.4. The van der Waals surface area contributed by atoms with E-state index in [9.17, 15) is 34.5 Å². The van der Waals surface area contributed by atoms with Crippen LogP contribution in [0, 0.1) is 46.3 Å². The van der Waals surface area contributed by atoms with Crippen LogP contribution in [0.2, 0.25) is 0 Å². The number of amides is 2. The SMILES string of the molecule is CCCOc1nc(N2CC(C(C)(C)C(=O)O)CC[C@@H]2C23CN(c4ccc(C(=O)N5CCC(c6cccnc6)C5)c(SC5CCCC5)n4)C[C@@H]2C3C(=O)O)ccc1C(=O)N[C@@H]1C2CC3C[C@@H]1C[C@](O)(C3)C2. The van der Waals surface area contributed by atoms with Gasteiger partial charge in [0.15, 0.2) is 0 Å². The van der Waals surface area contributed by atoms with E-state index in [1.54, 1.807) is 37.9 Å². The number of hydrogen-bond donors (Lipinski definition) is 4. The van der Waals surface area contributed by atoms with Crippen LogP contribution in [-0.4, -0.2) is 121 Å². The van der Waals surface area contributed by atoms with Crippen LogP contribution < -0.4 is 19.9 Å². The first-order valence-corrected chi connectivity index (χ1v) is 27.1. The predicted octanol–water partition coefficient (Wildman–Crippen LogP) is 7.53. The maximum Gasteiger partial charge on any atom is 0.309 e. The van der Waals surface area contributed by atoms with Gasteiger partial charge in [-0.15, -0.1) is 11.8 Å². The zero-order valence-corrected chi connectivity index (χ0v) is 41.6. The average molecular weight is 976 g/mol. The van der Waals surface area contributed by atoms with Gasteiger partial charge < -0.3 is 40.1 Å². The fourth-order valence-corrected chi connectivity index (χ4v) is 16.2. The summed E-state index contributed by atoms with van der Waals surface area (Å²) in [6.45, 7) is 8.38. The number of pyridine rings is 3. The summed E-state index contributed by atoms with van der Waals surface area (Å²) in [5.74, 6) is -0.466. The minimum absolute atomic E-state index is 0.0138. The molecular formula is C54H69N7O8S. The molecular weight excluding hydrogens is 907 g/mol. The van der Waals surface area contributed by atoms with Crippen molar-refractivity contribution in [2.45, 2.75) is 138 Å². The summed E-state index contributed by atoms with van der Waals surface area (Å²) in [6.07, 6.45) is 15.1. The normalized spacial score (nSPS) is 33.4. The Kier molecular flexibility index (Phi) is 12.4. The van der Waals surface area contributed by atoms with Crippen molar-refractivity contribution >= 4 is 47.2 Å². The Hall–Kier alpha value is -4.96. The molecule has 374 valence electrons. The van der Waals surface area contributed by atoms with Crippen molar-refractivity contribution in [2.24, 2.45) is 46.3 Å². The molecule has 0 spiro atoms. The van der Waals surface area contributed by atoms with Gasteiger partial charge in [-0.05, 0) is 144 Å². The number of carboxylic acid groups (broad SMARTS) is 2. The van der Waals surface area contributed by atoms with Gasteiger partial charge in [0.25, 0.3) is 11.8 Å². The van der Waals surface area contributed by atoms with Crippen molar-refractivity contribution in [2.75, 3.05) is 49.1 Å². The van der Waals surface area contributed by atoms with Gasteiger partial charge in [0.2, 0.25) is 5.88 Å². The van der Waals surface area contributed by atoms with E-state index in [2.05, 4.69) is 26.2 Å². The molecule has 6 heterocycles. The van der Waals surface area contributed by atoms with Gasteiger partial charge in [-0.3, -0.25) is 24.2 Å². The molecule has 9 aliphatic rings. The van der Waals surface area contributed by atoms with Crippen molar-refractivity contribution in [1.82, 2.24) is 25.2 Å². The Morgan fingerprint density at radius 3 is 2.36 bits per heavy atom. The number of thioether (sulfide) groups is 1. The lowest BCUT2D eigenvalue weighted by atomic mass is 9.52. The molecule has 3 saturated heterocycles. The Morgan fingerprint density at radius 1 is 0.900 bits per heavy atom. The van der Waals surface area contributed by atoms with Gasteiger partial charge in [0.05, 0.1) is 29.1 Å². The van der Waals surface area contributed by atoms with Crippen LogP contribution in [0.1, 0.15) is 136 Å². The number of carbonyl (C=O) groups is 4. The molecule has 0 radical (unpaired) electrons. The third-order valence-electron chi connectivity index (χ3n) is 18.5. The molecule has 12 rings (SSSR count). The zero-order valence-electron chi connectivity index (χ0n) is 40.8. The zero-order chi connectivity index (χ0) is 48.7. The molecule has 11 atom stereocenters. The summed E-state index contributed by atoms with van der Waals surface area (Å²) < 4.78 is 6.29. The number of hydrogen-bond acceptors (Lipinski definition) is 12. The lowest BCUT2D eigenvalue weighted by Crippen LogP contribution is -2.61. The van der Waals surface area contributed by atoms with E-state index < -0.39 is 34.3 Å². The van der Waals surface area contributed by atoms with Gasteiger partial charge in [-0.25, -0.2) is 4.98 Å². The number of nitrogens with zero attached hydrogens (tertiary/aromatic N) is 6. The highest BCUT2D eigenvalue weighted by atomic mass is 32.2. The Labute approximate surface area is 414 Å². The Balaban J connectivity index is 0.892. The molecule has 4 N–H and O–H groups in total. The third-order valence-corrected chi connectivity index (χ3v) is 19.8. The summed E-state index contributed by atoms with van der Waals surface area (Å²) in [6, 6.07) is 11.1. The lowest BCUT2D eigenvalue weighted by Gasteiger charge is -2.58. The predicted molar refractivity (Wildman–Crippen MR) is 264 cm³/mol. The first-order chi connectivity index (χ1) is 33.7. The van der Waals surface area contributed by atoms with E-state index in [4.69, 9.17) is 14.7 Å². The fourth-order valence-electron chi connectivity index (χ4n) is 14.9. The first kappa shape index (κ1) is 47.4. The highest BCUT2D eigenvalue weighted by molar-refractivity contribution is 8.00. The molecule has 70 heavy (non-hydrogen) atoms. The van der Waals surface area contributed by atoms with Crippen LogP contribution in [0.5, 0.6) is 5.88 Å². The molecule has 6 aliphatic carbocycles. The number of likely N-dealkylation sites (tertiary alicyclic amines) is 1. The van der Waals surface area contributed by atoms with E-state index in [0.29, 0.717) is 99.5 Å². The second kappa shape index (κ2) is 18.3. The molecule has 15 nitrogen and oxygen atoms in total. The minimum atomic E-state index is -1.07. The number of anilines is 2. The van der Waals surface area contributed by atoms with Gasteiger partial charge in [0, 0.05) is 79.7 Å². The molecule has 6 saturated carbocycles. The van der Waals surface area contributed by atoms with Gasteiger partial charge >= 0.3 is 11.9 Å². The second-order valence-electron chi connectivity index (χ2n) is 23.0. The fraction of sp³-hybridized carbons (Fsp3) is 0.648. The van der Waals surface area contributed by atoms with Gasteiger partial charge in [0.1, 0.15) is 22.2 Å². The van der Waals surface area contributed by atoms with E-state index >= 15 is 0 Å². The van der Waals surface area contributed by atoms with Crippen LogP contribution in [0.3, 0.4) is 0 Å². The number of nitrogens with one attached hydrogen (secondary N) is 1. The summed E-state index contributed by atoms with van der Waals surface area (Å²) in [7, 11) is 0. The largest absolute Gasteiger partial charge is 0.481 e. The number of piperidine rings is 2. The number of carbonyl (C=O) groups excluding carboxylic acids is 2. The molecule has 16 heteroatoms. The molecule has 4 bridgehead atoms. The Bertz CT molecular complexity index is 2510. The van der Waals surface area contributed by atoms with Crippen LogP contribution in [0.4, 0.5) is 11.6 Å². The van der Waals surface area contributed by atoms with Crippen LogP contribution in [0.25, 0.3) is 0 Å². The van der Waals surface area contributed by atoms with E-state index in [1.165, 1.54) is 0 Å². The monoisotopic (exact) mass is 975 g/mol. The van der Waals surface area contributed by atoms with Crippen LogP contribution in [0.15, 0.2) is 53.8 Å². The van der Waals surface area contributed by atoms with E-state index in [1.807, 2.05) is 42.3 Å². The lowest BCUT2D eigenvalue weighted by molar-refractivity contribution is -0.150.